The number of aromatic nitrogens is 3. The van der Waals surface area contributed by atoms with Crippen molar-refractivity contribution in [2.45, 2.75) is 57.9 Å². The quantitative estimate of drug-likeness (QED) is 0.839. The molecule has 0 unspecified atom stereocenters. The van der Waals surface area contributed by atoms with E-state index in [1.807, 2.05) is 0 Å². The molecule has 2 aliphatic rings. The molecule has 0 aromatic carbocycles. The van der Waals surface area contributed by atoms with Gasteiger partial charge in [-0.15, -0.1) is 0 Å². The summed E-state index contributed by atoms with van der Waals surface area (Å²) in [5, 5.41) is 6.74. The summed E-state index contributed by atoms with van der Waals surface area (Å²) in [4.78, 5) is 16.0. The molecule has 1 aromatic heterocycles. The van der Waals surface area contributed by atoms with Crippen LogP contribution in [0.5, 0.6) is 0 Å². The van der Waals surface area contributed by atoms with E-state index in [0.717, 1.165) is 38.0 Å². The summed E-state index contributed by atoms with van der Waals surface area (Å²) < 4.78 is 0. The summed E-state index contributed by atoms with van der Waals surface area (Å²) in [6.45, 7) is 5.15. The standard InChI is InChI=1S/C15H26N6/c1-2-9-16-13-18-14(17-12-7-6-8-12)20-15(19-13)21-10-4-3-5-11-21/h12H,2-11H2,1H3,(H2,16,17,18,19,20). The van der Waals surface area contributed by atoms with Crippen molar-refractivity contribution in [1.82, 2.24) is 15.0 Å². The van der Waals surface area contributed by atoms with Gasteiger partial charge in [-0.05, 0) is 44.9 Å². The van der Waals surface area contributed by atoms with E-state index in [1.54, 1.807) is 0 Å². The van der Waals surface area contributed by atoms with Crippen molar-refractivity contribution in [2.75, 3.05) is 35.2 Å². The number of anilines is 3. The lowest BCUT2D eigenvalue weighted by molar-refractivity contribution is 0.443. The summed E-state index contributed by atoms with van der Waals surface area (Å²) in [6, 6.07) is 0.542. The van der Waals surface area contributed by atoms with Crippen molar-refractivity contribution in [3.8, 4) is 0 Å². The van der Waals surface area contributed by atoms with Gasteiger partial charge in [-0.2, -0.15) is 15.0 Å². The zero-order chi connectivity index (χ0) is 14.5. The fourth-order valence-electron chi connectivity index (χ4n) is 2.72. The highest BCUT2D eigenvalue weighted by Crippen LogP contribution is 2.24. The van der Waals surface area contributed by atoms with Crippen molar-refractivity contribution in [3.05, 3.63) is 0 Å². The Bertz CT molecular complexity index is 453. The summed E-state index contributed by atoms with van der Waals surface area (Å²) in [6.07, 6.45) is 8.60. The molecule has 1 saturated carbocycles. The van der Waals surface area contributed by atoms with Crippen LogP contribution in [0.25, 0.3) is 0 Å². The number of rotatable bonds is 6. The molecule has 2 fully saturated rings. The first kappa shape index (κ1) is 14.4. The monoisotopic (exact) mass is 290 g/mol. The van der Waals surface area contributed by atoms with Crippen LogP contribution in [-0.2, 0) is 0 Å². The Labute approximate surface area is 126 Å². The SMILES string of the molecule is CCCNc1nc(NC2CCC2)nc(N2CCCCC2)n1. The van der Waals surface area contributed by atoms with E-state index < -0.39 is 0 Å². The van der Waals surface area contributed by atoms with Crippen LogP contribution < -0.4 is 15.5 Å². The molecular formula is C15H26N6. The zero-order valence-corrected chi connectivity index (χ0v) is 12.9. The van der Waals surface area contributed by atoms with Gasteiger partial charge in [0.2, 0.25) is 17.8 Å². The average molecular weight is 290 g/mol. The molecule has 6 nitrogen and oxygen atoms in total. The van der Waals surface area contributed by atoms with Gasteiger partial charge in [-0.1, -0.05) is 6.92 Å². The van der Waals surface area contributed by atoms with Gasteiger partial charge in [0.15, 0.2) is 0 Å². The Kier molecular flexibility index (Phi) is 4.72. The first-order valence-corrected chi connectivity index (χ1v) is 8.36. The van der Waals surface area contributed by atoms with E-state index in [0.29, 0.717) is 12.0 Å². The van der Waals surface area contributed by atoms with Gasteiger partial charge < -0.3 is 15.5 Å². The van der Waals surface area contributed by atoms with Crippen molar-refractivity contribution < 1.29 is 0 Å². The fraction of sp³-hybridized carbons (Fsp3) is 0.800. The highest BCUT2D eigenvalue weighted by Gasteiger charge is 2.20. The highest BCUT2D eigenvalue weighted by molar-refractivity contribution is 5.44. The van der Waals surface area contributed by atoms with Crippen LogP contribution in [0.3, 0.4) is 0 Å². The van der Waals surface area contributed by atoms with E-state index in [2.05, 4.69) is 37.4 Å². The zero-order valence-electron chi connectivity index (χ0n) is 12.9. The number of nitrogens with one attached hydrogen (secondary N) is 2. The minimum atomic E-state index is 0.542. The molecule has 0 spiro atoms. The van der Waals surface area contributed by atoms with Gasteiger partial charge in [0.05, 0.1) is 0 Å². The maximum Gasteiger partial charge on any atom is 0.231 e. The van der Waals surface area contributed by atoms with Crippen LogP contribution in [0.2, 0.25) is 0 Å². The average Bonchev–Trinajstić information content (AvgIpc) is 2.50. The lowest BCUT2D eigenvalue weighted by Gasteiger charge is -2.29. The minimum absolute atomic E-state index is 0.542. The first-order chi connectivity index (χ1) is 10.3. The molecule has 0 radical (unpaired) electrons. The second-order valence-corrected chi connectivity index (χ2v) is 6.03. The topological polar surface area (TPSA) is 66.0 Å². The van der Waals surface area contributed by atoms with Gasteiger partial charge in [0, 0.05) is 25.7 Å². The maximum atomic E-state index is 4.64. The fourth-order valence-corrected chi connectivity index (χ4v) is 2.72. The number of nitrogens with zero attached hydrogens (tertiary/aromatic N) is 4. The Balaban J connectivity index is 1.76. The predicted molar refractivity (Wildman–Crippen MR) is 85.9 cm³/mol. The Hall–Kier alpha value is -1.59. The molecule has 1 aromatic rings. The van der Waals surface area contributed by atoms with Crippen LogP contribution in [0, 0.1) is 0 Å². The molecule has 116 valence electrons. The van der Waals surface area contributed by atoms with E-state index in [1.165, 1.54) is 38.5 Å². The third-order valence-corrected chi connectivity index (χ3v) is 4.23. The van der Waals surface area contributed by atoms with Gasteiger partial charge in [-0.25, -0.2) is 0 Å². The van der Waals surface area contributed by atoms with E-state index in [9.17, 15) is 0 Å². The van der Waals surface area contributed by atoms with Crippen LogP contribution in [-0.4, -0.2) is 40.6 Å². The Morgan fingerprint density at radius 1 is 1.00 bits per heavy atom. The van der Waals surface area contributed by atoms with Crippen LogP contribution in [0.15, 0.2) is 0 Å². The molecule has 1 aliphatic carbocycles. The van der Waals surface area contributed by atoms with Gasteiger partial charge in [-0.3, -0.25) is 0 Å². The number of piperidine rings is 1. The second-order valence-electron chi connectivity index (χ2n) is 6.03. The van der Waals surface area contributed by atoms with Crippen LogP contribution in [0.4, 0.5) is 17.8 Å². The van der Waals surface area contributed by atoms with Crippen molar-refractivity contribution in [1.29, 1.82) is 0 Å². The van der Waals surface area contributed by atoms with Crippen LogP contribution >= 0.6 is 0 Å². The highest BCUT2D eigenvalue weighted by atomic mass is 15.3. The normalized spacial score (nSPS) is 19.2. The predicted octanol–water partition coefficient (Wildman–Crippen LogP) is 2.65. The molecule has 1 aliphatic heterocycles. The van der Waals surface area contributed by atoms with Gasteiger partial charge >= 0.3 is 0 Å². The third-order valence-electron chi connectivity index (χ3n) is 4.23. The lowest BCUT2D eigenvalue weighted by atomic mass is 9.93. The first-order valence-electron chi connectivity index (χ1n) is 8.36. The third kappa shape index (κ3) is 3.74. The molecule has 1 saturated heterocycles. The molecule has 6 heteroatoms. The smallest absolute Gasteiger partial charge is 0.231 e. The van der Waals surface area contributed by atoms with Gasteiger partial charge in [0.25, 0.3) is 0 Å². The maximum absolute atomic E-state index is 4.64. The summed E-state index contributed by atoms with van der Waals surface area (Å²) >= 11 is 0. The summed E-state index contributed by atoms with van der Waals surface area (Å²) in [5.41, 5.74) is 0. The number of hydrogen-bond acceptors (Lipinski definition) is 6. The Morgan fingerprint density at radius 3 is 2.43 bits per heavy atom. The van der Waals surface area contributed by atoms with Crippen molar-refractivity contribution in [2.24, 2.45) is 0 Å². The largest absolute Gasteiger partial charge is 0.354 e. The Morgan fingerprint density at radius 2 is 1.76 bits per heavy atom. The molecule has 3 rings (SSSR count). The van der Waals surface area contributed by atoms with E-state index >= 15 is 0 Å². The minimum Gasteiger partial charge on any atom is -0.354 e. The second kappa shape index (κ2) is 6.91. The van der Waals surface area contributed by atoms with Gasteiger partial charge in [0.1, 0.15) is 0 Å². The molecule has 0 atom stereocenters. The van der Waals surface area contributed by atoms with E-state index in [4.69, 9.17) is 0 Å². The van der Waals surface area contributed by atoms with Crippen LogP contribution in [0.1, 0.15) is 51.9 Å². The molecule has 21 heavy (non-hydrogen) atoms. The molecule has 0 bridgehead atoms. The van der Waals surface area contributed by atoms with E-state index in [-0.39, 0.29) is 0 Å². The number of hydrogen-bond donors (Lipinski definition) is 2. The summed E-state index contributed by atoms with van der Waals surface area (Å²) in [7, 11) is 0. The van der Waals surface area contributed by atoms with Crippen molar-refractivity contribution >= 4 is 17.8 Å². The lowest BCUT2D eigenvalue weighted by Crippen LogP contribution is -2.33. The molecule has 2 heterocycles. The molecule has 0 amide bonds. The van der Waals surface area contributed by atoms with Crippen molar-refractivity contribution in [3.63, 3.8) is 0 Å². The molecular weight excluding hydrogens is 264 g/mol. The summed E-state index contributed by atoms with van der Waals surface area (Å²) in [5.74, 6) is 2.26. The molecule has 2 N–H and O–H groups in total.